The predicted molar refractivity (Wildman–Crippen MR) is 181 cm³/mol. The van der Waals surface area contributed by atoms with Gasteiger partial charge in [-0.25, -0.2) is 9.59 Å². The maximum Gasteiger partial charge on any atom is 0.407 e. The highest BCUT2D eigenvalue weighted by Crippen LogP contribution is 2.54. The number of rotatable bonds is 10. The van der Waals surface area contributed by atoms with Gasteiger partial charge in [-0.2, -0.15) is 0 Å². The van der Waals surface area contributed by atoms with E-state index in [2.05, 4.69) is 66.0 Å². The Morgan fingerprint density at radius 1 is 0.689 bits per heavy atom. The van der Waals surface area contributed by atoms with Crippen LogP contribution < -0.4 is 5.32 Å². The molecule has 0 fully saturated rings. The summed E-state index contributed by atoms with van der Waals surface area (Å²) in [5.41, 5.74) is 7.46. The van der Waals surface area contributed by atoms with Crippen LogP contribution >= 0.6 is 11.8 Å². The number of amides is 1. The van der Waals surface area contributed by atoms with Crippen LogP contribution in [0.25, 0.3) is 11.1 Å². The van der Waals surface area contributed by atoms with Gasteiger partial charge in [-0.15, -0.1) is 11.8 Å². The highest BCUT2D eigenvalue weighted by Gasteiger charge is 2.47. The zero-order valence-corrected chi connectivity index (χ0v) is 26.0. The highest BCUT2D eigenvalue weighted by molar-refractivity contribution is 8.02. The fourth-order valence-electron chi connectivity index (χ4n) is 6.44. The number of carbonyl (C=O) groups excluding carboxylic acids is 1. The van der Waals surface area contributed by atoms with Crippen molar-refractivity contribution < 1.29 is 19.4 Å². The fraction of sp³-hybridized carbons (Fsp3) is 0.179. The van der Waals surface area contributed by atoms with Crippen molar-refractivity contribution in [1.29, 1.82) is 0 Å². The van der Waals surface area contributed by atoms with Crippen LogP contribution in [0.4, 0.5) is 4.79 Å². The van der Waals surface area contributed by atoms with Gasteiger partial charge in [0.15, 0.2) is 0 Å². The third kappa shape index (κ3) is 5.86. The first-order valence-electron chi connectivity index (χ1n) is 15.0. The van der Waals surface area contributed by atoms with E-state index >= 15 is 0 Å². The van der Waals surface area contributed by atoms with Crippen LogP contribution in [0.5, 0.6) is 0 Å². The van der Waals surface area contributed by atoms with Crippen LogP contribution in [-0.2, 0) is 14.3 Å². The molecule has 1 aliphatic carbocycles. The molecule has 0 aliphatic heterocycles. The van der Waals surface area contributed by atoms with E-state index in [-0.39, 0.29) is 12.5 Å². The lowest BCUT2D eigenvalue weighted by molar-refractivity contribution is -0.140. The Morgan fingerprint density at radius 3 is 1.51 bits per heavy atom. The summed E-state index contributed by atoms with van der Waals surface area (Å²) in [6.45, 7) is 3.83. The lowest BCUT2D eigenvalue weighted by atomic mass is 9.84. The molecule has 5 aromatic rings. The van der Waals surface area contributed by atoms with Crippen LogP contribution in [0, 0.1) is 0 Å². The highest BCUT2D eigenvalue weighted by atomic mass is 32.2. The Balaban J connectivity index is 1.30. The third-order valence-corrected chi connectivity index (χ3v) is 10.3. The molecular formula is C39H35NO4S. The second kappa shape index (κ2) is 12.7. The van der Waals surface area contributed by atoms with Crippen LogP contribution in [0.15, 0.2) is 140 Å². The van der Waals surface area contributed by atoms with Crippen LogP contribution in [0.1, 0.15) is 47.6 Å². The number of benzene rings is 5. The van der Waals surface area contributed by atoms with Gasteiger partial charge in [0, 0.05) is 10.7 Å². The second-order valence-electron chi connectivity index (χ2n) is 11.7. The first-order valence-corrected chi connectivity index (χ1v) is 15.8. The summed E-state index contributed by atoms with van der Waals surface area (Å²) in [6, 6.07) is 45.3. The number of alkyl carbamates (subject to hydrolysis) is 1. The van der Waals surface area contributed by atoms with E-state index in [4.69, 9.17) is 4.74 Å². The molecule has 0 spiro atoms. The van der Waals surface area contributed by atoms with Crippen molar-refractivity contribution >= 4 is 23.8 Å². The zero-order chi connectivity index (χ0) is 31.4. The van der Waals surface area contributed by atoms with Gasteiger partial charge in [0.1, 0.15) is 12.6 Å². The molecule has 1 atom stereocenters. The quantitative estimate of drug-likeness (QED) is 0.155. The summed E-state index contributed by atoms with van der Waals surface area (Å²) in [5.74, 6) is -1.26. The number of fused-ring (bicyclic) bond motifs is 3. The molecule has 5 aromatic carbocycles. The van der Waals surface area contributed by atoms with E-state index in [1.54, 1.807) is 0 Å². The lowest BCUT2D eigenvalue weighted by Crippen LogP contribution is -2.54. The van der Waals surface area contributed by atoms with Crippen molar-refractivity contribution in [3.8, 4) is 11.1 Å². The molecule has 6 rings (SSSR count). The van der Waals surface area contributed by atoms with Crippen LogP contribution in [0.2, 0.25) is 0 Å². The Hall–Kier alpha value is -4.81. The fourth-order valence-corrected chi connectivity index (χ4v) is 8.27. The number of carboxylic acid groups (broad SMARTS) is 1. The minimum Gasteiger partial charge on any atom is -0.480 e. The molecule has 45 heavy (non-hydrogen) atoms. The Bertz CT molecular complexity index is 1650. The molecule has 0 unspecified atom stereocenters. The van der Waals surface area contributed by atoms with Gasteiger partial charge in [0.25, 0.3) is 0 Å². The number of ether oxygens (including phenoxy) is 1. The maximum atomic E-state index is 13.4. The Morgan fingerprint density at radius 2 is 1.09 bits per heavy atom. The normalized spacial score (nSPS) is 13.4. The smallest absolute Gasteiger partial charge is 0.407 e. The minimum absolute atomic E-state index is 0.0990. The van der Waals surface area contributed by atoms with Crippen molar-refractivity contribution in [2.45, 2.75) is 35.3 Å². The summed E-state index contributed by atoms with van der Waals surface area (Å²) < 4.78 is 4.00. The van der Waals surface area contributed by atoms with Crippen molar-refractivity contribution in [3.63, 3.8) is 0 Å². The van der Waals surface area contributed by atoms with E-state index < -0.39 is 27.6 Å². The molecule has 0 bridgehead atoms. The Kier molecular flexibility index (Phi) is 8.50. The summed E-state index contributed by atoms with van der Waals surface area (Å²) >= 11 is 1.51. The largest absolute Gasteiger partial charge is 0.480 e. The van der Waals surface area contributed by atoms with Crippen LogP contribution in [-0.4, -0.2) is 34.6 Å². The van der Waals surface area contributed by atoms with Crippen molar-refractivity contribution in [3.05, 3.63) is 167 Å². The molecule has 0 aromatic heterocycles. The number of aliphatic carboxylic acids is 1. The molecule has 0 saturated heterocycles. The topological polar surface area (TPSA) is 75.6 Å². The monoisotopic (exact) mass is 613 g/mol. The number of thioether (sulfide) groups is 1. The van der Waals surface area contributed by atoms with E-state index in [0.717, 1.165) is 38.9 Å². The first-order chi connectivity index (χ1) is 21.8. The second-order valence-corrected chi connectivity index (χ2v) is 13.6. The maximum absolute atomic E-state index is 13.4. The Labute approximate surface area is 268 Å². The molecular weight excluding hydrogens is 578 g/mol. The molecule has 1 aliphatic rings. The van der Waals surface area contributed by atoms with Crippen molar-refractivity contribution in [1.82, 2.24) is 5.32 Å². The van der Waals surface area contributed by atoms with Gasteiger partial charge < -0.3 is 15.2 Å². The summed E-state index contributed by atoms with van der Waals surface area (Å²) in [6.07, 6.45) is -0.761. The van der Waals surface area contributed by atoms with E-state index in [9.17, 15) is 14.7 Å². The molecule has 2 N–H and O–H groups in total. The standard InChI is InChI=1S/C39H35NO4S/c1-38(2,45-39(27-16-6-3-7-17-27,28-18-8-4-9-19-28)29-20-10-5-11-21-29)35(36(41)42)40-37(43)44-26-34-32-24-14-12-22-30(32)31-23-13-15-25-33(31)34/h3-25,34-35H,26H2,1-2H3,(H,40,43)(H,41,42)/t35-/m1/s1. The number of carbonyl (C=O) groups is 2. The number of carboxylic acids is 1. The van der Waals surface area contributed by atoms with Crippen LogP contribution in [0.3, 0.4) is 0 Å². The zero-order valence-electron chi connectivity index (χ0n) is 25.2. The molecule has 0 saturated carbocycles. The summed E-state index contributed by atoms with van der Waals surface area (Å²) in [4.78, 5) is 26.2. The van der Waals surface area contributed by atoms with Gasteiger partial charge in [-0.1, -0.05) is 140 Å². The molecule has 226 valence electrons. The average molecular weight is 614 g/mol. The summed E-state index contributed by atoms with van der Waals surface area (Å²) in [7, 11) is 0. The predicted octanol–water partition coefficient (Wildman–Crippen LogP) is 8.48. The number of hydrogen-bond acceptors (Lipinski definition) is 4. The molecule has 1 amide bonds. The van der Waals surface area contributed by atoms with E-state index in [1.807, 2.05) is 92.7 Å². The first kappa shape index (κ1) is 30.2. The lowest BCUT2D eigenvalue weighted by Gasteiger charge is -2.43. The SMILES string of the molecule is CC(C)(SC(c1ccccc1)(c1ccccc1)c1ccccc1)[C@H](NC(=O)OCC1c2ccccc2-c2ccccc21)C(=O)O. The van der Waals surface area contributed by atoms with E-state index in [0.29, 0.717) is 0 Å². The van der Waals surface area contributed by atoms with Gasteiger partial charge in [-0.05, 0) is 52.8 Å². The van der Waals surface area contributed by atoms with Crippen molar-refractivity contribution in [2.75, 3.05) is 6.61 Å². The minimum atomic E-state index is -1.26. The average Bonchev–Trinajstić information content (AvgIpc) is 3.39. The summed E-state index contributed by atoms with van der Waals surface area (Å²) in [5, 5.41) is 13.2. The van der Waals surface area contributed by atoms with Crippen molar-refractivity contribution in [2.24, 2.45) is 0 Å². The molecule has 0 radical (unpaired) electrons. The van der Waals surface area contributed by atoms with Gasteiger partial charge >= 0.3 is 12.1 Å². The van der Waals surface area contributed by atoms with Gasteiger partial charge in [-0.3, -0.25) is 0 Å². The molecule has 5 nitrogen and oxygen atoms in total. The number of hydrogen-bond donors (Lipinski definition) is 2. The van der Waals surface area contributed by atoms with Gasteiger partial charge in [0.05, 0.1) is 4.75 Å². The number of nitrogens with one attached hydrogen (secondary N) is 1. The molecule has 0 heterocycles. The van der Waals surface area contributed by atoms with Gasteiger partial charge in [0.2, 0.25) is 0 Å². The van der Waals surface area contributed by atoms with E-state index in [1.165, 1.54) is 11.8 Å². The molecule has 6 heteroatoms. The third-order valence-electron chi connectivity index (χ3n) is 8.51.